The van der Waals surface area contributed by atoms with Gasteiger partial charge in [0.25, 0.3) is 0 Å². The summed E-state index contributed by atoms with van der Waals surface area (Å²) in [6.45, 7) is 0. The highest BCUT2D eigenvalue weighted by molar-refractivity contribution is 6.32. The van der Waals surface area contributed by atoms with Crippen molar-refractivity contribution >= 4 is 65.7 Å². The van der Waals surface area contributed by atoms with Gasteiger partial charge in [-0.1, -0.05) is 84.4 Å². The summed E-state index contributed by atoms with van der Waals surface area (Å²) < 4.78 is 2.34. The Morgan fingerprint density at radius 3 is 2.03 bits per heavy atom. The molecule has 4 heteroatoms. The molecule has 8 rings (SSSR count). The van der Waals surface area contributed by atoms with E-state index in [0.717, 1.165) is 43.5 Å². The molecule has 0 amide bonds. The van der Waals surface area contributed by atoms with E-state index in [1.54, 1.807) is 0 Å². The van der Waals surface area contributed by atoms with Gasteiger partial charge in [0.1, 0.15) is 0 Å². The Kier molecular flexibility index (Phi) is 4.58. The highest BCUT2D eigenvalue weighted by atomic mass is 35.5. The molecule has 0 atom stereocenters. The Morgan fingerprint density at radius 1 is 0.474 bits per heavy atom. The third kappa shape index (κ3) is 3.09. The topological polar surface area (TPSA) is 30.7 Å². The highest BCUT2D eigenvalue weighted by Gasteiger charge is 2.18. The van der Waals surface area contributed by atoms with Gasteiger partial charge in [-0.2, -0.15) is 10.2 Å². The predicted octanol–water partition coefficient (Wildman–Crippen LogP) is 9.35. The molecule has 0 N–H and O–H groups in total. The van der Waals surface area contributed by atoms with E-state index >= 15 is 0 Å². The molecule has 2 heterocycles. The molecule has 0 bridgehead atoms. The lowest BCUT2D eigenvalue weighted by molar-refractivity contribution is 1.05. The fourth-order valence-electron chi connectivity index (χ4n) is 5.91. The zero-order valence-corrected chi connectivity index (χ0v) is 21.0. The second-order valence-electron chi connectivity index (χ2n) is 9.69. The molecule has 8 aromatic rings. The fraction of sp³-hybridized carbons (Fsp3) is 0. The second kappa shape index (κ2) is 8.14. The van der Waals surface area contributed by atoms with Crippen LogP contribution in [0.2, 0.25) is 5.02 Å². The quantitative estimate of drug-likeness (QED) is 0.234. The van der Waals surface area contributed by atoms with Crippen molar-refractivity contribution in [3.05, 3.63) is 127 Å². The number of hydrogen-bond donors (Lipinski definition) is 0. The van der Waals surface area contributed by atoms with Crippen LogP contribution in [0.25, 0.3) is 70.9 Å². The van der Waals surface area contributed by atoms with E-state index < -0.39 is 0 Å². The van der Waals surface area contributed by atoms with Crippen LogP contribution in [0.3, 0.4) is 0 Å². The lowest BCUT2D eigenvalue weighted by Gasteiger charge is -2.15. The molecule has 0 aliphatic heterocycles. The largest absolute Gasteiger partial charge is 0.309 e. The first-order chi connectivity index (χ1) is 18.8. The maximum atomic E-state index is 6.50. The molecule has 2 aromatic heterocycles. The minimum absolute atomic E-state index is 0.728. The van der Waals surface area contributed by atoms with Crippen LogP contribution in [-0.4, -0.2) is 14.8 Å². The van der Waals surface area contributed by atoms with Crippen molar-refractivity contribution in [1.29, 1.82) is 0 Å². The van der Waals surface area contributed by atoms with Crippen molar-refractivity contribution < 1.29 is 0 Å². The molecule has 3 nitrogen and oxygen atoms in total. The minimum Gasteiger partial charge on any atom is -0.309 e. The molecular formula is C34H20ClN3. The van der Waals surface area contributed by atoms with Gasteiger partial charge in [-0.15, -0.1) is 0 Å². The smallest absolute Gasteiger partial charge is 0.0596 e. The molecule has 6 aromatic carbocycles. The molecule has 0 fully saturated rings. The van der Waals surface area contributed by atoms with Crippen LogP contribution in [0.1, 0.15) is 0 Å². The van der Waals surface area contributed by atoms with Crippen LogP contribution in [0.5, 0.6) is 0 Å². The van der Waals surface area contributed by atoms with Gasteiger partial charge in [-0.3, -0.25) is 0 Å². The molecule has 0 aliphatic carbocycles. The predicted molar refractivity (Wildman–Crippen MR) is 159 cm³/mol. The van der Waals surface area contributed by atoms with E-state index in [4.69, 9.17) is 11.6 Å². The van der Waals surface area contributed by atoms with Gasteiger partial charge in [-0.05, 0) is 69.1 Å². The molecule has 0 radical (unpaired) electrons. The van der Waals surface area contributed by atoms with Crippen LogP contribution >= 0.6 is 11.6 Å². The Labute approximate surface area is 223 Å². The summed E-state index contributed by atoms with van der Waals surface area (Å²) in [5, 5.41) is 18.6. The van der Waals surface area contributed by atoms with Crippen LogP contribution in [0, 0.1) is 0 Å². The van der Waals surface area contributed by atoms with Crippen molar-refractivity contribution in [2.45, 2.75) is 0 Å². The van der Waals surface area contributed by atoms with Crippen molar-refractivity contribution in [3.63, 3.8) is 0 Å². The Morgan fingerprint density at radius 2 is 1.16 bits per heavy atom. The number of benzene rings is 6. The molecule has 178 valence electrons. The fourth-order valence-corrected chi connectivity index (χ4v) is 6.08. The van der Waals surface area contributed by atoms with Gasteiger partial charge in [-0.25, -0.2) is 0 Å². The average Bonchev–Trinajstić information content (AvgIpc) is 3.27. The van der Waals surface area contributed by atoms with Gasteiger partial charge in [0.05, 0.1) is 29.1 Å². The van der Waals surface area contributed by atoms with Gasteiger partial charge < -0.3 is 4.57 Å². The molecular weight excluding hydrogens is 486 g/mol. The first-order valence-electron chi connectivity index (χ1n) is 12.6. The van der Waals surface area contributed by atoms with E-state index in [-0.39, 0.29) is 0 Å². The molecule has 0 spiro atoms. The number of nitrogens with zero attached hydrogens (tertiary/aromatic N) is 3. The summed E-state index contributed by atoms with van der Waals surface area (Å²) in [4.78, 5) is 0. The number of hydrogen-bond acceptors (Lipinski definition) is 2. The summed E-state index contributed by atoms with van der Waals surface area (Å²) in [5.74, 6) is 0. The molecule has 0 saturated heterocycles. The van der Waals surface area contributed by atoms with Crippen molar-refractivity contribution in [2.75, 3.05) is 0 Å². The van der Waals surface area contributed by atoms with E-state index in [0.29, 0.717) is 0 Å². The lowest BCUT2D eigenvalue weighted by atomic mass is 9.94. The van der Waals surface area contributed by atoms with E-state index in [9.17, 15) is 0 Å². The maximum Gasteiger partial charge on any atom is 0.0596 e. The molecule has 0 saturated carbocycles. The monoisotopic (exact) mass is 505 g/mol. The van der Waals surface area contributed by atoms with Gasteiger partial charge in [0.2, 0.25) is 0 Å². The van der Waals surface area contributed by atoms with Crippen molar-refractivity contribution in [2.24, 2.45) is 0 Å². The summed E-state index contributed by atoms with van der Waals surface area (Å²) in [7, 11) is 0. The Balaban J connectivity index is 1.49. The number of fused-ring (bicyclic) bond motifs is 6. The molecule has 38 heavy (non-hydrogen) atoms. The summed E-state index contributed by atoms with van der Waals surface area (Å²) >= 11 is 6.50. The third-order valence-corrected chi connectivity index (χ3v) is 7.85. The normalized spacial score (nSPS) is 11.8. The first kappa shape index (κ1) is 21.4. The van der Waals surface area contributed by atoms with E-state index in [1.807, 2.05) is 18.5 Å². The van der Waals surface area contributed by atoms with Crippen LogP contribution in [0.4, 0.5) is 0 Å². The average molecular weight is 506 g/mol. The lowest BCUT2D eigenvalue weighted by Crippen LogP contribution is -1.98. The summed E-state index contributed by atoms with van der Waals surface area (Å²) in [5.41, 5.74) is 5.64. The molecule has 0 aliphatic rings. The number of halogens is 1. The van der Waals surface area contributed by atoms with Gasteiger partial charge in [0, 0.05) is 26.6 Å². The van der Waals surface area contributed by atoms with Crippen LogP contribution in [0.15, 0.2) is 122 Å². The van der Waals surface area contributed by atoms with Gasteiger partial charge >= 0.3 is 0 Å². The van der Waals surface area contributed by atoms with Crippen molar-refractivity contribution in [1.82, 2.24) is 14.8 Å². The van der Waals surface area contributed by atoms with Crippen LogP contribution < -0.4 is 0 Å². The second-order valence-corrected chi connectivity index (χ2v) is 10.1. The number of aromatic nitrogens is 3. The maximum absolute atomic E-state index is 6.50. The molecule has 0 unspecified atom stereocenters. The van der Waals surface area contributed by atoms with E-state index in [2.05, 4.69) is 118 Å². The highest BCUT2D eigenvalue weighted by Crippen LogP contribution is 2.40. The van der Waals surface area contributed by atoms with Crippen LogP contribution in [-0.2, 0) is 0 Å². The zero-order chi connectivity index (χ0) is 25.2. The SMILES string of the molecule is Clc1ccc2c(c1)c1cc3ccccc3cc1n2-c1ccc(-c2cccc3ccccc23)c2cnncc12. The number of rotatable bonds is 2. The van der Waals surface area contributed by atoms with E-state index in [1.165, 1.54) is 32.5 Å². The Bertz CT molecular complexity index is 2210. The standard InChI is InChI=1S/C34H20ClN3/c35-24-12-14-32-29(18-24)28-16-22-7-1-2-8-23(22)17-34(28)38(32)33-15-13-27(30-19-36-37-20-31(30)33)26-11-5-9-21-6-3-4-10-25(21)26/h1-20H. The van der Waals surface area contributed by atoms with Gasteiger partial charge in [0.15, 0.2) is 0 Å². The zero-order valence-electron chi connectivity index (χ0n) is 20.3. The minimum atomic E-state index is 0.728. The summed E-state index contributed by atoms with van der Waals surface area (Å²) in [6, 6.07) is 38.6. The van der Waals surface area contributed by atoms with Crippen molar-refractivity contribution in [3.8, 4) is 16.8 Å². The summed E-state index contributed by atoms with van der Waals surface area (Å²) in [6.07, 6.45) is 3.77. The third-order valence-electron chi connectivity index (χ3n) is 7.62. The first-order valence-corrected chi connectivity index (χ1v) is 13.0. The Hall–Kier alpha value is -4.73.